The van der Waals surface area contributed by atoms with Crippen molar-refractivity contribution in [3.63, 3.8) is 0 Å². The Morgan fingerprint density at radius 3 is 2.64 bits per heavy atom. The number of rotatable bonds is 7. The first-order valence-corrected chi connectivity index (χ1v) is 10.9. The molecule has 0 spiro atoms. The smallest absolute Gasteiger partial charge is 0.308 e. The number of para-hydroxylation sites is 2. The van der Waals surface area contributed by atoms with Crippen molar-refractivity contribution in [1.29, 1.82) is 0 Å². The summed E-state index contributed by atoms with van der Waals surface area (Å²) in [6.45, 7) is 0.381. The summed E-state index contributed by atoms with van der Waals surface area (Å²) in [4.78, 5) is 25.8. The van der Waals surface area contributed by atoms with Gasteiger partial charge in [-0.05, 0) is 36.4 Å². The van der Waals surface area contributed by atoms with Gasteiger partial charge in [0.25, 0.3) is 0 Å². The van der Waals surface area contributed by atoms with Gasteiger partial charge in [0.1, 0.15) is 17.8 Å². The average molecular weight is 458 g/mol. The van der Waals surface area contributed by atoms with Gasteiger partial charge in [0.15, 0.2) is 0 Å². The molecule has 0 aliphatic heterocycles. The van der Waals surface area contributed by atoms with E-state index in [4.69, 9.17) is 21.0 Å². The minimum Gasteiger partial charge on any atom is -0.427 e. The molecule has 8 heteroatoms. The maximum Gasteiger partial charge on any atom is 0.308 e. The fraction of sp³-hybridized carbons (Fsp3) is 0.120. The number of aryl methyl sites for hydroxylation is 1. The zero-order chi connectivity index (χ0) is 22.6. The van der Waals surface area contributed by atoms with Crippen molar-refractivity contribution < 1.29 is 9.21 Å². The highest BCUT2D eigenvalue weighted by Crippen LogP contribution is 2.29. The molecule has 164 valence electrons. The molecular weight excluding hydrogens is 438 g/mol. The number of imidazole rings is 1. The van der Waals surface area contributed by atoms with Crippen molar-refractivity contribution in [1.82, 2.24) is 24.8 Å². The summed E-state index contributed by atoms with van der Waals surface area (Å²) in [7, 11) is 0. The summed E-state index contributed by atoms with van der Waals surface area (Å²) in [5, 5.41) is 3.54. The van der Waals surface area contributed by atoms with Gasteiger partial charge in [-0.15, -0.1) is 0 Å². The van der Waals surface area contributed by atoms with Gasteiger partial charge in [0.2, 0.25) is 5.91 Å². The molecule has 0 atom stereocenters. The van der Waals surface area contributed by atoms with Crippen LogP contribution in [0.4, 0.5) is 0 Å². The van der Waals surface area contributed by atoms with Crippen molar-refractivity contribution in [2.45, 2.75) is 19.4 Å². The van der Waals surface area contributed by atoms with Crippen molar-refractivity contribution >= 4 is 28.5 Å². The molecule has 7 nitrogen and oxygen atoms in total. The van der Waals surface area contributed by atoms with E-state index in [2.05, 4.69) is 15.3 Å². The third kappa shape index (κ3) is 4.63. The van der Waals surface area contributed by atoms with Gasteiger partial charge in [0.05, 0.1) is 23.3 Å². The van der Waals surface area contributed by atoms with E-state index in [0.717, 1.165) is 22.3 Å². The third-order valence-corrected chi connectivity index (χ3v) is 5.49. The zero-order valence-corrected chi connectivity index (χ0v) is 18.4. The summed E-state index contributed by atoms with van der Waals surface area (Å²) in [5.41, 5.74) is 4.08. The summed E-state index contributed by atoms with van der Waals surface area (Å²) < 4.78 is 7.96. The maximum absolute atomic E-state index is 12.5. The Morgan fingerprint density at radius 2 is 1.82 bits per heavy atom. The van der Waals surface area contributed by atoms with Gasteiger partial charge >= 0.3 is 6.01 Å². The summed E-state index contributed by atoms with van der Waals surface area (Å²) in [6, 6.07) is 21.2. The molecule has 2 aromatic carbocycles. The van der Waals surface area contributed by atoms with E-state index in [9.17, 15) is 4.79 Å². The fourth-order valence-electron chi connectivity index (χ4n) is 3.56. The molecule has 3 aromatic heterocycles. The summed E-state index contributed by atoms with van der Waals surface area (Å²) >= 11 is 6.06. The van der Waals surface area contributed by atoms with Crippen LogP contribution in [0.3, 0.4) is 0 Å². The number of carbonyl (C=O) groups excluding carboxylic acids is 1. The number of carbonyl (C=O) groups is 1. The lowest BCUT2D eigenvalue weighted by Gasteiger charge is -2.05. The molecule has 3 heterocycles. The van der Waals surface area contributed by atoms with Crippen LogP contribution >= 0.6 is 11.6 Å². The SMILES string of the molecule is O=C(CCc1oc(-n2cnc3ccccc32)nc1-c1ccc(Cl)cc1)NCc1ccccn1. The Balaban J connectivity index is 1.40. The van der Waals surface area contributed by atoms with Crippen LogP contribution in [0.15, 0.2) is 83.7 Å². The van der Waals surface area contributed by atoms with Crippen LogP contribution in [-0.4, -0.2) is 25.4 Å². The van der Waals surface area contributed by atoms with E-state index in [-0.39, 0.29) is 12.3 Å². The molecule has 0 fully saturated rings. The number of aromatic nitrogens is 4. The van der Waals surface area contributed by atoms with Gasteiger partial charge in [-0.25, -0.2) is 4.98 Å². The second-order valence-corrected chi connectivity index (χ2v) is 7.91. The van der Waals surface area contributed by atoms with Gasteiger partial charge in [-0.3, -0.25) is 14.3 Å². The number of halogens is 1. The zero-order valence-electron chi connectivity index (χ0n) is 17.6. The molecule has 0 unspecified atom stereocenters. The predicted octanol–water partition coefficient (Wildman–Crippen LogP) is 4.98. The largest absolute Gasteiger partial charge is 0.427 e. The fourth-order valence-corrected chi connectivity index (χ4v) is 3.69. The van der Waals surface area contributed by atoms with Gasteiger partial charge in [0, 0.05) is 29.6 Å². The molecule has 0 aliphatic carbocycles. The number of hydrogen-bond acceptors (Lipinski definition) is 5. The Morgan fingerprint density at radius 1 is 1.00 bits per heavy atom. The van der Waals surface area contributed by atoms with E-state index in [1.807, 2.05) is 54.6 Å². The highest BCUT2D eigenvalue weighted by molar-refractivity contribution is 6.30. The van der Waals surface area contributed by atoms with Crippen LogP contribution in [0.1, 0.15) is 17.9 Å². The number of fused-ring (bicyclic) bond motifs is 1. The molecule has 0 saturated heterocycles. The van der Waals surface area contributed by atoms with Crippen molar-refractivity contribution in [2.24, 2.45) is 0 Å². The molecule has 1 N–H and O–H groups in total. The number of nitrogens with one attached hydrogen (secondary N) is 1. The number of pyridine rings is 1. The minimum absolute atomic E-state index is 0.0891. The quantitative estimate of drug-likeness (QED) is 0.372. The lowest BCUT2D eigenvalue weighted by molar-refractivity contribution is -0.121. The van der Waals surface area contributed by atoms with Crippen molar-refractivity contribution in [3.8, 4) is 17.3 Å². The third-order valence-electron chi connectivity index (χ3n) is 5.24. The van der Waals surface area contributed by atoms with Gasteiger partial charge < -0.3 is 9.73 Å². The molecule has 0 bridgehead atoms. The summed E-state index contributed by atoms with van der Waals surface area (Å²) in [5.74, 6) is 0.534. The van der Waals surface area contributed by atoms with Crippen LogP contribution in [0.5, 0.6) is 0 Å². The first-order chi connectivity index (χ1) is 16.2. The lowest BCUT2D eigenvalue weighted by Crippen LogP contribution is -2.23. The van der Waals surface area contributed by atoms with Crippen molar-refractivity contribution in [2.75, 3.05) is 0 Å². The molecule has 0 aliphatic rings. The normalized spacial score (nSPS) is 11.1. The van der Waals surface area contributed by atoms with Crippen molar-refractivity contribution in [3.05, 3.63) is 95.7 Å². The molecule has 33 heavy (non-hydrogen) atoms. The second-order valence-electron chi connectivity index (χ2n) is 7.48. The Hall–Kier alpha value is -3.97. The van der Waals surface area contributed by atoms with Crippen LogP contribution in [0.25, 0.3) is 28.3 Å². The van der Waals surface area contributed by atoms with Gasteiger partial charge in [-0.1, -0.05) is 41.9 Å². The van der Waals surface area contributed by atoms with E-state index in [0.29, 0.717) is 35.5 Å². The van der Waals surface area contributed by atoms with E-state index in [1.165, 1.54) is 0 Å². The first-order valence-electron chi connectivity index (χ1n) is 10.5. The van der Waals surface area contributed by atoms with E-state index < -0.39 is 0 Å². The molecule has 0 radical (unpaired) electrons. The van der Waals surface area contributed by atoms with E-state index >= 15 is 0 Å². The number of benzene rings is 2. The second kappa shape index (κ2) is 9.26. The van der Waals surface area contributed by atoms with Crippen LogP contribution in [-0.2, 0) is 17.8 Å². The number of amides is 1. The average Bonchev–Trinajstić information content (AvgIpc) is 3.47. The molecular formula is C25H20ClN5O2. The highest BCUT2D eigenvalue weighted by Gasteiger charge is 2.19. The number of nitrogens with zero attached hydrogens (tertiary/aromatic N) is 4. The first kappa shape index (κ1) is 20.9. The number of oxazole rings is 1. The topological polar surface area (TPSA) is 85.8 Å². The molecule has 5 rings (SSSR count). The van der Waals surface area contributed by atoms with Crippen LogP contribution in [0.2, 0.25) is 5.02 Å². The monoisotopic (exact) mass is 457 g/mol. The Bertz CT molecular complexity index is 1390. The van der Waals surface area contributed by atoms with Crippen LogP contribution < -0.4 is 5.32 Å². The predicted molar refractivity (Wildman–Crippen MR) is 126 cm³/mol. The van der Waals surface area contributed by atoms with Gasteiger partial charge in [-0.2, -0.15) is 4.98 Å². The molecule has 1 amide bonds. The Kier molecular flexibility index (Phi) is 5.87. The molecule has 5 aromatic rings. The minimum atomic E-state index is -0.0891. The lowest BCUT2D eigenvalue weighted by atomic mass is 10.1. The van der Waals surface area contributed by atoms with E-state index in [1.54, 1.807) is 29.2 Å². The standard InChI is InChI=1S/C25H20ClN5O2/c26-18-10-8-17(9-11-18)24-22(12-13-23(32)28-15-19-5-3-4-14-27-19)33-25(30-24)31-16-29-20-6-1-2-7-21(20)31/h1-11,14,16H,12-13,15H2,(H,28,32). The maximum atomic E-state index is 12.5. The van der Waals surface area contributed by atoms with Crippen LogP contribution in [0, 0.1) is 0 Å². The number of hydrogen-bond donors (Lipinski definition) is 1. The summed E-state index contributed by atoms with van der Waals surface area (Å²) in [6.07, 6.45) is 4.04. The molecule has 0 saturated carbocycles. The highest BCUT2D eigenvalue weighted by atomic mass is 35.5. The Labute approximate surface area is 195 Å².